The van der Waals surface area contributed by atoms with Crippen molar-refractivity contribution in [1.29, 1.82) is 0 Å². The van der Waals surface area contributed by atoms with Gasteiger partial charge in [-0.1, -0.05) is 27.5 Å². The zero-order valence-corrected chi connectivity index (χ0v) is 14.3. The lowest BCUT2D eigenvalue weighted by atomic mass is 10.2. The number of hydrogen-bond acceptors (Lipinski definition) is 4. The van der Waals surface area contributed by atoms with Crippen LogP contribution in [0.4, 0.5) is 11.5 Å². The monoisotopic (exact) mass is 381 g/mol. The van der Waals surface area contributed by atoms with Crippen LogP contribution in [-0.4, -0.2) is 24.2 Å². The van der Waals surface area contributed by atoms with Crippen LogP contribution in [0.25, 0.3) is 0 Å². The second kappa shape index (κ2) is 6.75. The SMILES string of the molecule is Nc1cc(N2CCC[C@H]2COc2ccc(Br)cc2)c(Cl)cn1. The Morgan fingerprint density at radius 1 is 1.36 bits per heavy atom. The van der Waals surface area contributed by atoms with Gasteiger partial charge in [0, 0.05) is 23.3 Å². The first kappa shape index (κ1) is 15.4. The van der Waals surface area contributed by atoms with Crippen molar-refractivity contribution in [3.63, 3.8) is 0 Å². The molecule has 116 valence electrons. The number of rotatable bonds is 4. The fourth-order valence-corrected chi connectivity index (χ4v) is 3.19. The van der Waals surface area contributed by atoms with Crippen LogP contribution in [0, 0.1) is 0 Å². The van der Waals surface area contributed by atoms with Gasteiger partial charge in [0.1, 0.15) is 18.2 Å². The Bertz CT molecular complexity index is 650. The number of aromatic nitrogens is 1. The van der Waals surface area contributed by atoms with Crippen LogP contribution in [0.15, 0.2) is 41.0 Å². The van der Waals surface area contributed by atoms with Gasteiger partial charge in [0.25, 0.3) is 0 Å². The standard InChI is InChI=1S/C16H17BrClN3O/c17-11-3-5-13(6-4-11)22-10-12-2-1-7-21(12)15-8-16(19)20-9-14(15)18/h3-6,8-9,12H,1-2,7,10H2,(H2,19,20)/t12-/m0/s1. The van der Waals surface area contributed by atoms with Crippen molar-refractivity contribution < 1.29 is 4.74 Å². The van der Waals surface area contributed by atoms with Gasteiger partial charge in [-0.25, -0.2) is 4.98 Å². The summed E-state index contributed by atoms with van der Waals surface area (Å²) in [5.74, 6) is 1.36. The largest absolute Gasteiger partial charge is 0.491 e. The first-order valence-corrected chi connectivity index (χ1v) is 8.36. The number of hydrogen-bond donors (Lipinski definition) is 1. The maximum Gasteiger partial charge on any atom is 0.125 e. The molecule has 3 rings (SSSR count). The molecule has 4 nitrogen and oxygen atoms in total. The zero-order valence-electron chi connectivity index (χ0n) is 12.0. The number of anilines is 2. The number of nitrogen functional groups attached to an aromatic ring is 1. The van der Waals surface area contributed by atoms with E-state index in [1.54, 1.807) is 6.20 Å². The van der Waals surface area contributed by atoms with Crippen molar-refractivity contribution in [3.8, 4) is 5.75 Å². The van der Waals surface area contributed by atoms with Crippen LogP contribution in [0.2, 0.25) is 5.02 Å². The van der Waals surface area contributed by atoms with Crippen molar-refractivity contribution in [2.75, 3.05) is 23.8 Å². The number of ether oxygens (including phenoxy) is 1. The maximum absolute atomic E-state index is 6.27. The maximum atomic E-state index is 6.27. The highest BCUT2D eigenvalue weighted by molar-refractivity contribution is 9.10. The highest BCUT2D eigenvalue weighted by Crippen LogP contribution is 2.32. The molecule has 1 aliphatic heterocycles. The molecule has 1 atom stereocenters. The van der Waals surface area contributed by atoms with Crippen LogP contribution in [0.1, 0.15) is 12.8 Å². The van der Waals surface area contributed by atoms with Crippen molar-refractivity contribution in [1.82, 2.24) is 4.98 Å². The van der Waals surface area contributed by atoms with E-state index in [0.717, 1.165) is 35.3 Å². The van der Waals surface area contributed by atoms with Crippen LogP contribution < -0.4 is 15.4 Å². The fourth-order valence-electron chi connectivity index (χ4n) is 2.71. The van der Waals surface area contributed by atoms with E-state index in [1.165, 1.54) is 0 Å². The minimum absolute atomic E-state index is 0.294. The lowest BCUT2D eigenvalue weighted by Crippen LogP contribution is -2.34. The smallest absolute Gasteiger partial charge is 0.125 e. The highest BCUT2D eigenvalue weighted by atomic mass is 79.9. The molecule has 0 bridgehead atoms. The summed E-state index contributed by atoms with van der Waals surface area (Å²) < 4.78 is 6.96. The van der Waals surface area contributed by atoms with E-state index in [0.29, 0.717) is 23.5 Å². The summed E-state index contributed by atoms with van der Waals surface area (Å²) >= 11 is 9.69. The third-order valence-electron chi connectivity index (χ3n) is 3.80. The summed E-state index contributed by atoms with van der Waals surface area (Å²) in [4.78, 5) is 6.28. The fraction of sp³-hybridized carbons (Fsp3) is 0.312. The Labute approximate surface area is 143 Å². The van der Waals surface area contributed by atoms with Crippen molar-refractivity contribution in [2.45, 2.75) is 18.9 Å². The Morgan fingerprint density at radius 3 is 2.91 bits per heavy atom. The van der Waals surface area contributed by atoms with E-state index < -0.39 is 0 Å². The molecule has 1 aromatic heterocycles. The molecular weight excluding hydrogens is 366 g/mol. The lowest BCUT2D eigenvalue weighted by Gasteiger charge is -2.27. The first-order valence-electron chi connectivity index (χ1n) is 7.19. The van der Waals surface area contributed by atoms with E-state index >= 15 is 0 Å². The molecule has 1 fully saturated rings. The number of nitrogens with two attached hydrogens (primary N) is 1. The lowest BCUT2D eigenvalue weighted by molar-refractivity contribution is 0.288. The molecule has 2 N–H and O–H groups in total. The average Bonchev–Trinajstić information content (AvgIpc) is 2.97. The van der Waals surface area contributed by atoms with E-state index in [2.05, 4.69) is 25.8 Å². The van der Waals surface area contributed by atoms with E-state index in [4.69, 9.17) is 22.1 Å². The Hall–Kier alpha value is -1.46. The molecule has 22 heavy (non-hydrogen) atoms. The van der Waals surface area contributed by atoms with Crippen LogP contribution in [0.3, 0.4) is 0 Å². The molecule has 6 heteroatoms. The van der Waals surface area contributed by atoms with E-state index in [-0.39, 0.29) is 0 Å². The Balaban J connectivity index is 1.70. The molecular formula is C16H17BrClN3O. The summed E-state index contributed by atoms with van der Waals surface area (Å²) in [6, 6.07) is 9.99. The van der Waals surface area contributed by atoms with E-state index in [9.17, 15) is 0 Å². The minimum Gasteiger partial charge on any atom is -0.491 e. The Kier molecular flexibility index (Phi) is 4.74. The van der Waals surface area contributed by atoms with Crippen molar-refractivity contribution in [3.05, 3.63) is 46.0 Å². The molecule has 0 aliphatic carbocycles. The van der Waals surface area contributed by atoms with Gasteiger partial charge >= 0.3 is 0 Å². The molecule has 1 aliphatic rings. The Morgan fingerprint density at radius 2 is 2.14 bits per heavy atom. The van der Waals surface area contributed by atoms with Gasteiger partial charge in [0.05, 0.1) is 16.8 Å². The number of pyridine rings is 1. The van der Waals surface area contributed by atoms with E-state index in [1.807, 2.05) is 30.3 Å². The minimum atomic E-state index is 0.294. The normalized spacial score (nSPS) is 17.7. The number of benzene rings is 1. The van der Waals surface area contributed by atoms with Crippen molar-refractivity contribution >= 4 is 39.0 Å². The molecule has 0 amide bonds. The van der Waals surface area contributed by atoms with Gasteiger partial charge in [-0.05, 0) is 37.1 Å². The summed E-state index contributed by atoms with van der Waals surface area (Å²) in [7, 11) is 0. The molecule has 0 spiro atoms. The van der Waals surface area contributed by atoms with Crippen LogP contribution in [0.5, 0.6) is 5.75 Å². The van der Waals surface area contributed by atoms with Crippen LogP contribution in [-0.2, 0) is 0 Å². The highest BCUT2D eigenvalue weighted by Gasteiger charge is 2.27. The number of halogens is 2. The third kappa shape index (κ3) is 3.47. The van der Waals surface area contributed by atoms with Gasteiger partial charge in [0.2, 0.25) is 0 Å². The molecule has 0 unspecified atom stereocenters. The van der Waals surface area contributed by atoms with Gasteiger partial charge in [-0.2, -0.15) is 0 Å². The molecule has 2 heterocycles. The first-order chi connectivity index (χ1) is 10.6. The van der Waals surface area contributed by atoms with Gasteiger partial charge in [-0.3, -0.25) is 0 Å². The summed E-state index contributed by atoms with van der Waals surface area (Å²) in [6.45, 7) is 1.58. The number of nitrogens with zero attached hydrogens (tertiary/aromatic N) is 2. The van der Waals surface area contributed by atoms with Gasteiger partial charge in [0.15, 0.2) is 0 Å². The predicted molar refractivity (Wildman–Crippen MR) is 93.7 cm³/mol. The van der Waals surface area contributed by atoms with Crippen molar-refractivity contribution in [2.24, 2.45) is 0 Å². The summed E-state index contributed by atoms with van der Waals surface area (Å²) in [6.07, 6.45) is 3.80. The molecule has 0 saturated carbocycles. The zero-order chi connectivity index (χ0) is 15.5. The summed E-state index contributed by atoms with van der Waals surface area (Å²) in [5.41, 5.74) is 6.73. The second-order valence-corrected chi connectivity index (χ2v) is 6.64. The quantitative estimate of drug-likeness (QED) is 0.864. The second-order valence-electron chi connectivity index (χ2n) is 5.31. The molecule has 2 aromatic rings. The molecule has 1 saturated heterocycles. The molecule has 0 radical (unpaired) electrons. The van der Waals surface area contributed by atoms with Gasteiger partial charge in [-0.15, -0.1) is 0 Å². The van der Waals surface area contributed by atoms with Gasteiger partial charge < -0.3 is 15.4 Å². The summed E-state index contributed by atoms with van der Waals surface area (Å²) in [5, 5.41) is 0.629. The molecule has 1 aromatic carbocycles. The third-order valence-corrected chi connectivity index (χ3v) is 4.62. The predicted octanol–water partition coefficient (Wildman–Crippen LogP) is 4.13. The van der Waals surface area contributed by atoms with Crippen LogP contribution >= 0.6 is 27.5 Å². The topological polar surface area (TPSA) is 51.4 Å². The average molecular weight is 383 g/mol.